The predicted molar refractivity (Wildman–Crippen MR) is 161 cm³/mol. The zero-order valence-electron chi connectivity index (χ0n) is 25.5. The minimum absolute atomic E-state index is 0.831. The van der Waals surface area contributed by atoms with E-state index in [1.165, 1.54) is 0 Å². The molecule has 2 atom stereocenters. The van der Waals surface area contributed by atoms with E-state index < -0.39 is 25.7 Å². The summed E-state index contributed by atoms with van der Waals surface area (Å²) in [5.41, 5.74) is 0. The molecule has 39 heavy (non-hydrogen) atoms. The highest BCUT2D eigenvalue weighted by Gasteiger charge is 2.47. The molecule has 3 saturated heterocycles. The lowest BCUT2D eigenvalue weighted by Gasteiger charge is -2.42. The van der Waals surface area contributed by atoms with Gasteiger partial charge in [-0.25, -0.2) is 0 Å². The molecule has 3 fully saturated rings. The lowest BCUT2D eigenvalue weighted by Crippen LogP contribution is -2.57. The predicted octanol–water partition coefficient (Wildman–Crippen LogP) is 2.70. The maximum atomic E-state index is 7.12. The Labute approximate surface area is 241 Å². The Morgan fingerprint density at radius 2 is 0.769 bits per heavy atom. The second-order valence-corrected chi connectivity index (χ2v) is 22.4. The molecule has 0 spiro atoms. The van der Waals surface area contributed by atoms with Gasteiger partial charge < -0.3 is 31.3 Å². The summed E-state index contributed by atoms with van der Waals surface area (Å²) in [5, 5.41) is 0. The van der Waals surface area contributed by atoms with E-state index >= 15 is 0 Å². The van der Waals surface area contributed by atoms with Crippen molar-refractivity contribution in [1.82, 2.24) is 14.7 Å². The third-order valence-corrected chi connectivity index (χ3v) is 20.8. The van der Waals surface area contributed by atoms with E-state index in [1.807, 2.05) is 14.2 Å². The zero-order valence-corrected chi connectivity index (χ0v) is 28.5. The molecule has 230 valence electrons. The van der Waals surface area contributed by atoms with Gasteiger partial charge >= 0.3 is 25.7 Å². The lowest BCUT2D eigenvalue weighted by atomic mass is 10.3. The van der Waals surface area contributed by atoms with Crippen LogP contribution in [0.5, 0.6) is 0 Å². The van der Waals surface area contributed by atoms with Gasteiger partial charge in [0.25, 0.3) is 0 Å². The van der Waals surface area contributed by atoms with Gasteiger partial charge in [0.05, 0.1) is 39.6 Å². The molecule has 0 aliphatic carbocycles. The first kappa shape index (κ1) is 33.7. The van der Waals surface area contributed by atoms with E-state index in [1.54, 1.807) is 0 Å². The maximum absolute atomic E-state index is 7.12. The van der Waals surface area contributed by atoms with Crippen molar-refractivity contribution in [2.75, 3.05) is 113 Å². The minimum atomic E-state index is -2.58. The molecule has 0 aromatic rings. The Balaban J connectivity index is 1.59. The van der Waals surface area contributed by atoms with Crippen molar-refractivity contribution in [3.05, 3.63) is 0 Å². The van der Waals surface area contributed by atoms with Crippen LogP contribution < -0.4 is 0 Å². The van der Waals surface area contributed by atoms with Crippen molar-refractivity contribution >= 4 is 25.7 Å². The van der Waals surface area contributed by atoms with E-state index in [4.69, 9.17) is 31.3 Å². The quantitative estimate of drug-likeness (QED) is 0.217. The average molecular weight is 608 g/mol. The fraction of sp³-hybridized carbons (Fsp3) is 1.00. The fourth-order valence-corrected chi connectivity index (χ4v) is 18.7. The normalized spacial score (nSPS) is 25.2. The van der Waals surface area contributed by atoms with Gasteiger partial charge in [0.2, 0.25) is 0 Å². The van der Waals surface area contributed by atoms with Gasteiger partial charge in [-0.2, -0.15) is 0 Å². The Hall–Kier alpha value is 0.251. The van der Waals surface area contributed by atoms with Crippen molar-refractivity contribution in [3.63, 3.8) is 0 Å². The summed E-state index contributed by atoms with van der Waals surface area (Å²) in [7, 11) is -3.74. The molecule has 0 bridgehead atoms. The van der Waals surface area contributed by atoms with E-state index in [2.05, 4.69) is 34.3 Å². The molecule has 0 N–H and O–H groups in total. The number of nitrogens with zero attached hydrogens (tertiary/aromatic N) is 3. The Morgan fingerprint density at radius 1 is 0.487 bits per heavy atom. The Kier molecular flexibility index (Phi) is 15.0. The largest absolute Gasteiger partial charge is 0.415 e. The molecule has 0 radical (unpaired) electrons. The second-order valence-electron chi connectivity index (χ2n) is 11.7. The summed E-state index contributed by atoms with van der Waals surface area (Å²) in [6.07, 6.45) is 3.22. The van der Waals surface area contributed by atoms with Crippen LogP contribution in [0.15, 0.2) is 0 Å². The van der Waals surface area contributed by atoms with Gasteiger partial charge in [0.1, 0.15) is 0 Å². The molecule has 2 unspecified atom stereocenters. The van der Waals surface area contributed by atoms with Gasteiger partial charge in [-0.3, -0.25) is 14.7 Å². The van der Waals surface area contributed by atoms with Crippen LogP contribution >= 0.6 is 0 Å². The summed E-state index contributed by atoms with van der Waals surface area (Å²) in [4.78, 5) is 7.49. The maximum Gasteiger partial charge on any atom is 0.325 e. The minimum Gasteiger partial charge on any atom is -0.415 e. The van der Waals surface area contributed by atoms with Crippen LogP contribution in [-0.4, -0.2) is 153 Å². The summed E-state index contributed by atoms with van der Waals surface area (Å²) >= 11 is 0. The molecule has 3 rings (SSSR count). The summed E-state index contributed by atoms with van der Waals surface area (Å²) in [6.45, 7) is 21.0. The molecule has 10 nitrogen and oxygen atoms in total. The van der Waals surface area contributed by atoms with Crippen molar-refractivity contribution in [3.8, 4) is 0 Å². The van der Waals surface area contributed by atoms with Gasteiger partial charge in [-0.15, -0.1) is 0 Å². The van der Waals surface area contributed by atoms with E-state index in [9.17, 15) is 0 Å². The third-order valence-electron chi connectivity index (χ3n) is 8.35. The smallest absolute Gasteiger partial charge is 0.325 e. The van der Waals surface area contributed by atoms with Crippen LogP contribution in [0.25, 0.3) is 0 Å². The van der Waals surface area contributed by atoms with E-state index in [0.717, 1.165) is 136 Å². The molecule has 3 heterocycles. The molecular weight excluding hydrogens is 551 g/mol. The summed E-state index contributed by atoms with van der Waals surface area (Å²) in [6, 6.07) is 2.90. The standard InChI is InChI=1S/C26H57N3O7Si3/c1-30-37(3,24-6-9-27-12-18-32-19-13-27)35-39(5,26-8-11-29-16-22-34-23-17-29)36-38(4,31-2)25-7-10-28-14-20-33-21-15-28/h6-26H2,1-5H3. The Morgan fingerprint density at radius 3 is 1.05 bits per heavy atom. The van der Waals surface area contributed by atoms with Gasteiger partial charge in [0, 0.05) is 53.5 Å². The Bertz CT molecular complexity index is 631. The van der Waals surface area contributed by atoms with Gasteiger partial charge in [0.15, 0.2) is 0 Å². The molecule has 0 saturated carbocycles. The van der Waals surface area contributed by atoms with Crippen LogP contribution in [-0.2, 0) is 31.3 Å². The topological polar surface area (TPSA) is 74.3 Å². The molecule has 13 heteroatoms. The molecule has 0 aromatic heterocycles. The first-order valence-electron chi connectivity index (χ1n) is 15.2. The van der Waals surface area contributed by atoms with E-state index in [-0.39, 0.29) is 0 Å². The molecule has 3 aliphatic rings. The van der Waals surface area contributed by atoms with Crippen LogP contribution in [0.2, 0.25) is 37.8 Å². The highest BCUT2D eigenvalue weighted by atomic mass is 28.5. The third kappa shape index (κ3) is 12.6. The van der Waals surface area contributed by atoms with Crippen LogP contribution in [0.3, 0.4) is 0 Å². The SMILES string of the molecule is CO[Si](C)(CCCN1CCOCC1)O[Si](C)(CCCN1CCOCC1)O[Si](C)(CCCN1CCOCC1)OC. The highest BCUT2D eigenvalue weighted by molar-refractivity contribution is 6.85. The monoisotopic (exact) mass is 607 g/mol. The van der Waals surface area contributed by atoms with E-state index in [0.29, 0.717) is 0 Å². The second kappa shape index (κ2) is 17.4. The van der Waals surface area contributed by atoms with Gasteiger partial charge in [-0.1, -0.05) is 0 Å². The molecule has 0 aromatic carbocycles. The van der Waals surface area contributed by atoms with Crippen LogP contribution in [0, 0.1) is 0 Å². The van der Waals surface area contributed by atoms with Crippen LogP contribution in [0.4, 0.5) is 0 Å². The number of hydrogen-bond donors (Lipinski definition) is 0. The average Bonchev–Trinajstić information content (AvgIpc) is 2.94. The molecule has 0 amide bonds. The number of morpholine rings is 3. The molecule has 3 aliphatic heterocycles. The van der Waals surface area contributed by atoms with Gasteiger partial charge in [-0.05, 0) is 76.7 Å². The zero-order chi connectivity index (χ0) is 28.0. The highest BCUT2D eigenvalue weighted by Crippen LogP contribution is 2.31. The first-order chi connectivity index (χ1) is 18.8. The summed E-state index contributed by atoms with van der Waals surface area (Å²) < 4.78 is 43.2. The van der Waals surface area contributed by atoms with Crippen molar-refractivity contribution in [2.45, 2.75) is 57.0 Å². The lowest BCUT2D eigenvalue weighted by molar-refractivity contribution is 0.0376. The summed E-state index contributed by atoms with van der Waals surface area (Å²) in [5.74, 6) is 0. The van der Waals surface area contributed by atoms with Crippen molar-refractivity contribution in [2.24, 2.45) is 0 Å². The molecular formula is C26H57N3O7Si3. The van der Waals surface area contributed by atoms with Crippen LogP contribution in [0.1, 0.15) is 19.3 Å². The van der Waals surface area contributed by atoms with Crippen molar-refractivity contribution < 1.29 is 31.3 Å². The number of ether oxygens (including phenoxy) is 3. The first-order valence-corrected chi connectivity index (χ1v) is 22.8. The van der Waals surface area contributed by atoms with Crippen molar-refractivity contribution in [1.29, 1.82) is 0 Å². The number of rotatable bonds is 18. The number of hydrogen-bond acceptors (Lipinski definition) is 10. The fourth-order valence-electron chi connectivity index (χ4n) is 5.77.